The minimum atomic E-state index is -0.597. The Morgan fingerprint density at radius 2 is 2.14 bits per heavy atom. The van der Waals surface area contributed by atoms with Crippen LogP contribution >= 0.6 is 0 Å². The monoisotopic (exact) mass is 300 g/mol. The second-order valence-electron chi connectivity index (χ2n) is 6.02. The van der Waals surface area contributed by atoms with Gasteiger partial charge in [-0.15, -0.1) is 0 Å². The highest BCUT2D eigenvalue weighted by molar-refractivity contribution is 5.85. The quantitative estimate of drug-likeness (QED) is 0.694. The van der Waals surface area contributed by atoms with E-state index in [1.165, 1.54) is 7.11 Å². The number of amides is 1. The lowest BCUT2D eigenvalue weighted by molar-refractivity contribution is -0.146. The minimum absolute atomic E-state index is 0.0310. The van der Waals surface area contributed by atoms with Gasteiger partial charge >= 0.3 is 5.97 Å². The Kier molecular flexibility index (Phi) is 7.11. The van der Waals surface area contributed by atoms with E-state index < -0.39 is 12.0 Å². The fraction of sp³-hybridized carbons (Fsp3) is 0.867. The maximum absolute atomic E-state index is 12.1. The van der Waals surface area contributed by atoms with Crippen LogP contribution in [0.3, 0.4) is 0 Å². The number of carbonyl (C=O) groups is 2. The first-order valence-electron chi connectivity index (χ1n) is 7.66. The molecule has 0 aromatic heterocycles. The molecule has 0 spiro atoms. The van der Waals surface area contributed by atoms with Gasteiger partial charge in [-0.2, -0.15) is 0 Å². The van der Waals surface area contributed by atoms with Gasteiger partial charge in [0.25, 0.3) is 0 Å². The van der Waals surface area contributed by atoms with Crippen molar-refractivity contribution < 1.29 is 19.4 Å². The largest absolute Gasteiger partial charge is 0.467 e. The number of piperidine rings is 1. The lowest BCUT2D eigenvalue weighted by Crippen LogP contribution is -2.51. The van der Waals surface area contributed by atoms with Crippen LogP contribution in [0.5, 0.6) is 0 Å². The summed E-state index contributed by atoms with van der Waals surface area (Å²) in [6.45, 7) is 7.51. The van der Waals surface area contributed by atoms with Crippen molar-refractivity contribution in [2.75, 3.05) is 26.7 Å². The van der Waals surface area contributed by atoms with Crippen LogP contribution in [-0.2, 0) is 14.3 Å². The lowest BCUT2D eigenvalue weighted by Gasteiger charge is -2.34. The van der Waals surface area contributed by atoms with Gasteiger partial charge in [0, 0.05) is 13.1 Å². The molecule has 0 saturated carbocycles. The molecular formula is C15H28N2O4. The number of likely N-dealkylation sites (tertiary alicyclic amines) is 1. The third-order valence-electron chi connectivity index (χ3n) is 4.30. The van der Waals surface area contributed by atoms with Crippen molar-refractivity contribution in [1.29, 1.82) is 0 Å². The summed E-state index contributed by atoms with van der Waals surface area (Å²) in [5, 5.41) is 12.5. The molecule has 1 aliphatic rings. The first kappa shape index (κ1) is 17.9. The van der Waals surface area contributed by atoms with E-state index in [1.807, 2.05) is 25.7 Å². The molecule has 1 heterocycles. The number of carbonyl (C=O) groups excluding carboxylic acids is 2. The van der Waals surface area contributed by atoms with E-state index >= 15 is 0 Å². The van der Waals surface area contributed by atoms with E-state index in [0.717, 1.165) is 6.42 Å². The van der Waals surface area contributed by atoms with Crippen LogP contribution in [0.2, 0.25) is 0 Å². The average molecular weight is 300 g/mol. The molecule has 1 rings (SSSR count). The maximum Gasteiger partial charge on any atom is 0.328 e. The molecule has 122 valence electrons. The van der Waals surface area contributed by atoms with Gasteiger partial charge in [-0.3, -0.25) is 9.69 Å². The predicted molar refractivity (Wildman–Crippen MR) is 79.6 cm³/mol. The third kappa shape index (κ3) is 5.28. The van der Waals surface area contributed by atoms with Gasteiger partial charge in [0.05, 0.1) is 19.8 Å². The molecule has 6 nitrogen and oxygen atoms in total. The molecule has 21 heavy (non-hydrogen) atoms. The molecule has 4 unspecified atom stereocenters. The Morgan fingerprint density at radius 1 is 1.48 bits per heavy atom. The molecule has 0 aromatic carbocycles. The van der Waals surface area contributed by atoms with E-state index in [9.17, 15) is 14.7 Å². The van der Waals surface area contributed by atoms with Crippen LogP contribution in [0.4, 0.5) is 0 Å². The second-order valence-corrected chi connectivity index (χ2v) is 6.02. The summed E-state index contributed by atoms with van der Waals surface area (Å²) in [4.78, 5) is 25.9. The second kappa shape index (κ2) is 8.34. The van der Waals surface area contributed by atoms with E-state index in [-0.39, 0.29) is 30.4 Å². The SMILES string of the molecule is CCC(C)C(NC(=O)CN1CCC(O)C(C)C1)C(=O)OC. The zero-order chi connectivity index (χ0) is 16.0. The standard InChI is InChI=1S/C15H28N2O4/c1-5-10(2)14(15(20)21-4)16-13(19)9-17-7-6-12(18)11(3)8-17/h10-12,14,18H,5-9H2,1-4H3,(H,16,19). The molecule has 1 aliphatic heterocycles. The molecule has 1 amide bonds. The maximum atomic E-state index is 12.1. The van der Waals surface area contributed by atoms with Crippen molar-refractivity contribution in [3.8, 4) is 0 Å². The molecule has 6 heteroatoms. The number of aliphatic hydroxyl groups excluding tert-OH is 1. The first-order valence-corrected chi connectivity index (χ1v) is 7.66. The summed E-state index contributed by atoms with van der Waals surface area (Å²) in [7, 11) is 1.33. The summed E-state index contributed by atoms with van der Waals surface area (Å²) in [5.74, 6) is -0.379. The number of hydrogen-bond acceptors (Lipinski definition) is 5. The van der Waals surface area contributed by atoms with Crippen LogP contribution in [0.15, 0.2) is 0 Å². The fourth-order valence-corrected chi connectivity index (χ4v) is 2.58. The Morgan fingerprint density at radius 3 is 2.67 bits per heavy atom. The van der Waals surface area contributed by atoms with Crippen molar-refractivity contribution >= 4 is 11.9 Å². The number of nitrogens with one attached hydrogen (secondary N) is 1. The van der Waals surface area contributed by atoms with Gasteiger partial charge in [-0.1, -0.05) is 27.2 Å². The Labute approximate surface area is 126 Å². The smallest absolute Gasteiger partial charge is 0.328 e. The molecular weight excluding hydrogens is 272 g/mol. The minimum Gasteiger partial charge on any atom is -0.467 e. The van der Waals surface area contributed by atoms with Crippen molar-refractivity contribution in [2.24, 2.45) is 11.8 Å². The van der Waals surface area contributed by atoms with E-state index in [0.29, 0.717) is 19.5 Å². The van der Waals surface area contributed by atoms with Crippen LogP contribution in [0, 0.1) is 11.8 Å². The molecule has 0 aliphatic carbocycles. The van der Waals surface area contributed by atoms with E-state index in [1.54, 1.807) is 0 Å². The molecule has 1 saturated heterocycles. The third-order valence-corrected chi connectivity index (χ3v) is 4.30. The normalized spacial score (nSPS) is 26.0. The van der Waals surface area contributed by atoms with Crippen molar-refractivity contribution in [3.63, 3.8) is 0 Å². The number of rotatable bonds is 6. The van der Waals surface area contributed by atoms with Crippen molar-refractivity contribution in [1.82, 2.24) is 10.2 Å². The molecule has 0 bridgehead atoms. The zero-order valence-electron chi connectivity index (χ0n) is 13.5. The molecule has 4 atom stereocenters. The Bertz CT molecular complexity index is 362. The summed E-state index contributed by atoms with van der Waals surface area (Å²) in [6, 6.07) is -0.597. The highest BCUT2D eigenvalue weighted by Gasteiger charge is 2.29. The fourth-order valence-electron chi connectivity index (χ4n) is 2.58. The zero-order valence-corrected chi connectivity index (χ0v) is 13.5. The van der Waals surface area contributed by atoms with Gasteiger partial charge in [0.1, 0.15) is 6.04 Å². The molecule has 1 fully saturated rings. The summed E-state index contributed by atoms with van der Waals surface area (Å²) in [5.41, 5.74) is 0. The van der Waals surface area contributed by atoms with Crippen molar-refractivity contribution in [2.45, 2.75) is 45.8 Å². The molecule has 0 radical (unpaired) electrons. The van der Waals surface area contributed by atoms with Gasteiger partial charge in [-0.25, -0.2) is 4.79 Å². The Hall–Kier alpha value is -1.14. The summed E-state index contributed by atoms with van der Waals surface area (Å²) in [6.07, 6.45) is 1.18. The van der Waals surface area contributed by atoms with Gasteiger partial charge in [0.2, 0.25) is 5.91 Å². The predicted octanol–water partition coefficient (Wildman–Crippen LogP) is 0.393. The van der Waals surface area contributed by atoms with Crippen LogP contribution in [0.25, 0.3) is 0 Å². The van der Waals surface area contributed by atoms with E-state index in [4.69, 9.17) is 4.74 Å². The van der Waals surface area contributed by atoms with Gasteiger partial charge in [-0.05, 0) is 18.3 Å². The van der Waals surface area contributed by atoms with Crippen molar-refractivity contribution in [3.05, 3.63) is 0 Å². The number of esters is 1. The van der Waals surface area contributed by atoms with E-state index in [2.05, 4.69) is 5.32 Å². The molecule has 0 aromatic rings. The van der Waals surface area contributed by atoms with Crippen LogP contribution < -0.4 is 5.32 Å². The summed E-state index contributed by atoms with van der Waals surface area (Å²) < 4.78 is 4.76. The number of hydrogen-bond donors (Lipinski definition) is 2. The molecule has 2 N–H and O–H groups in total. The van der Waals surface area contributed by atoms with Crippen LogP contribution in [-0.4, -0.2) is 60.8 Å². The summed E-state index contributed by atoms with van der Waals surface area (Å²) >= 11 is 0. The number of aliphatic hydroxyl groups is 1. The van der Waals surface area contributed by atoms with Gasteiger partial charge in [0.15, 0.2) is 0 Å². The first-order chi connectivity index (χ1) is 9.88. The highest BCUT2D eigenvalue weighted by Crippen LogP contribution is 2.16. The number of ether oxygens (including phenoxy) is 1. The average Bonchev–Trinajstić information content (AvgIpc) is 2.47. The lowest BCUT2D eigenvalue weighted by atomic mass is 9.96. The Balaban J connectivity index is 2.52. The van der Waals surface area contributed by atoms with Gasteiger partial charge < -0.3 is 15.2 Å². The highest BCUT2D eigenvalue weighted by atomic mass is 16.5. The van der Waals surface area contributed by atoms with Crippen LogP contribution in [0.1, 0.15) is 33.6 Å². The number of nitrogens with zero attached hydrogens (tertiary/aromatic N) is 1. The number of methoxy groups -OCH3 is 1. The topological polar surface area (TPSA) is 78.9 Å².